The molecule has 1 fully saturated rings. The van der Waals surface area contributed by atoms with Crippen LogP contribution in [0, 0.1) is 0 Å². The van der Waals surface area contributed by atoms with Crippen LogP contribution < -0.4 is 4.74 Å². The molecule has 0 saturated carbocycles. The fraction of sp³-hybridized carbons (Fsp3) is 0.250. The molecule has 3 rings (SSSR count). The molecule has 0 radical (unpaired) electrons. The van der Waals surface area contributed by atoms with E-state index in [4.69, 9.17) is 9.47 Å². The van der Waals surface area contributed by atoms with Gasteiger partial charge >= 0.3 is 0 Å². The molecule has 1 amide bonds. The molecule has 2 aromatic carbocycles. The number of carbonyl (C=O) groups is 1. The maximum absolute atomic E-state index is 13.0. The van der Waals surface area contributed by atoms with Gasteiger partial charge in [0.2, 0.25) is 0 Å². The van der Waals surface area contributed by atoms with E-state index in [9.17, 15) is 4.79 Å². The Hall–Kier alpha value is -2.59. The van der Waals surface area contributed by atoms with Crippen LogP contribution in [0.2, 0.25) is 0 Å². The summed E-state index contributed by atoms with van der Waals surface area (Å²) in [4.78, 5) is 14.9. The second-order valence-corrected chi connectivity index (χ2v) is 5.60. The monoisotopic (exact) mass is 323 g/mol. The molecular formula is C20H21NO3. The molecule has 1 saturated heterocycles. The summed E-state index contributed by atoms with van der Waals surface area (Å²) in [6.45, 7) is 2.45. The van der Waals surface area contributed by atoms with Crippen molar-refractivity contribution in [3.8, 4) is 5.75 Å². The fourth-order valence-electron chi connectivity index (χ4n) is 2.69. The first-order valence-corrected chi connectivity index (χ1v) is 8.06. The van der Waals surface area contributed by atoms with Gasteiger partial charge in [-0.1, -0.05) is 42.5 Å². The molecule has 0 unspecified atom stereocenters. The van der Waals surface area contributed by atoms with E-state index in [2.05, 4.69) is 0 Å². The van der Waals surface area contributed by atoms with Gasteiger partial charge in [0, 0.05) is 18.7 Å². The molecule has 0 spiro atoms. The Morgan fingerprint density at radius 2 is 1.71 bits per heavy atom. The van der Waals surface area contributed by atoms with Gasteiger partial charge in [0.1, 0.15) is 5.75 Å². The molecule has 4 nitrogen and oxygen atoms in total. The number of amides is 1. The van der Waals surface area contributed by atoms with Crippen LogP contribution in [-0.4, -0.2) is 44.2 Å². The standard InChI is InChI=1S/C20H21NO3/c1-23-18-9-7-16(8-10-18)15-19(17-5-3-2-4-6-17)20(22)21-11-13-24-14-12-21/h2-10,15H,11-14H2,1H3/b19-15+. The van der Waals surface area contributed by atoms with Gasteiger partial charge in [-0.3, -0.25) is 4.79 Å². The molecule has 2 aromatic rings. The zero-order valence-corrected chi connectivity index (χ0v) is 13.8. The number of ether oxygens (including phenoxy) is 2. The number of carbonyl (C=O) groups excluding carboxylic acids is 1. The molecule has 4 heteroatoms. The molecule has 124 valence electrons. The van der Waals surface area contributed by atoms with Crippen molar-refractivity contribution in [2.75, 3.05) is 33.4 Å². The Morgan fingerprint density at radius 3 is 2.33 bits per heavy atom. The third kappa shape index (κ3) is 3.84. The normalized spacial score (nSPS) is 15.2. The summed E-state index contributed by atoms with van der Waals surface area (Å²) in [7, 11) is 1.64. The number of rotatable bonds is 4. The highest BCUT2D eigenvalue weighted by Gasteiger charge is 2.21. The molecule has 0 aliphatic carbocycles. The third-order valence-electron chi connectivity index (χ3n) is 4.04. The van der Waals surface area contributed by atoms with Crippen molar-refractivity contribution in [1.29, 1.82) is 0 Å². The summed E-state index contributed by atoms with van der Waals surface area (Å²) >= 11 is 0. The van der Waals surface area contributed by atoms with E-state index < -0.39 is 0 Å². The van der Waals surface area contributed by atoms with Crippen molar-refractivity contribution < 1.29 is 14.3 Å². The number of methoxy groups -OCH3 is 1. The van der Waals surface area contributed by atoms with Crippen LogP contribution in [0.1, 0.15) is 11.1 Å². The molecule has 1 heterocycles. The Bertz CT molecular complexity index is 701. The summed E-state index contributed by atoms with van der Waals surface area (Å²) in [6, 6.07) is 17.5. The summed E-state index contributed by atoms with van der Waals surface area (Å²) in [5, 5.41) is 0. The average Bonchev–Trinajstić information content (AvgIpc) is 2.67. The zero-order chi connectivity index (χ0) is 16.8. The lowest BCUT2D eigenvalue weighted by Crippen LogP contribution is -2.41. The van der Waals surface area contributed by atoms with Crippen LogP contribution in [0.15, 0.2) is 54.6 Å². The molecule has 0 aromatic heterocycles. The lowest BCUT2D eigenvalue weighted by atomic mass is 10.0. The van der Waals surface area contributed by atoms with Crippen molar-refractivity contribution in [3.63, 3.8) is 0 Å². The first kappa shape index (κ1) is 16.3. The maximum Gasteiger partial charge on any atom is 0.254 e. The Labute approximate surface area is 142 Å². The van der Waals surface area contributed by atoms with Gasteiger partial charge in [0.25, 0.3) is 5.91 Å². The van der Waals surface area contributed by atoms with Crippen LogP contribution in [0.4, 0.5) is 0 Å². The lowest BCUT2D eigenvalue weighted by molar-refractivity contribution is -0.128. The minimum atomic E-state index is 0.0420. The van der Waals surface area contributed by atoms with Crippen molar-refractivity contribution in [2.24, 2.45) is 0 Å². The van der Waals surface area contributed by atoms with Gasteiger partial charge in [0.05, 0.1) is 20.3 Å². The Morgan fingerprint density at radius 1 is 1.04 bits per heavy atom. The number of nitrogens with zero attached hydrogens (tertiary/aromatic N) is 1. The van der Waals surface area contributed by atoms with Crippen molar-refractivity contribution in [1.82, 2.24) is 4.90 Å². The average molecular weight is 323 g/mol. The van der Waals surface area contributed by atoms with E-state index >= 15 is 0 Å². The molecular weight excluding hydrogens is 302 g/mol. The SMILES string of the molecule is COc1ccc(/C=C(/C(=O)N2CCOCC2)c2ccccc2)cc1. The highest BCUT2D eigenvalue weighted by Crippen LogP contribution is 2.22. The maximum atomic E-state index is 13.0. The molecule has 24 heavy (non-hydrogen) atoms. The first-order chi connectivity index (χ1) is 11.8. The summed E-state index contributed by atoms with van der Waals surface area (Å²) < 4.78 is 10.5. The number of hydrogen-bond acceptors (Lipinski definition) is 3. The van der Waals surface area contributed by atoms with Crippen molar-refractivity contribution >= 4 is 17.6 Å². The molecule has 1 aliphatic rings. The number of hydrogen-bond donors (Lipinski definition) is 0. The van der Waals surface area contributed by atoms with Gasteiger partial charge < -0.3 is 14.4 Å². The van der Waals surface area contributed by atoms with E-state index in [0.717, 1.165) is 16.9 Å². The molecule has 0 N–H and O–H groups in total. The second-order valence-electron chi connectivity index (χ2n) is 5.60. The smallest absolute Gasteiger partial charge is 0.254 e. The molecule has 1 aliphatic heterocycles. The second kappa shape index (κ2) is 7.79. The quantitative estimate of drug-likeness (QED) is 0.641. The summed E-state index contributed by atoms with van der Waals surface area (Å²) in [5.41, 5.74) is 2.59. The van der Waals surface area contributed by atoms with Crippen LogP contribution >= 0.6 is 0 Å². The van der Waals surface area contributed by atoms with E-state index in [-0.39, 0.29) is 5.91 Å². The predicted octanol–water partition coefficient (Wildman–Crippen LogP) is 3.09. The van der Waals surface area contributed by atoms with Crippen LogP contribution in [-0.2, 0) is 9.53 Å². The topological polar surface area (TPSA) is 38.8 Å². The van der Waals surface area contributed by atoms with E-state index in [1.54, 1.807) is 7.11 Å². The minimum Gasteiger partial charge on any atom is -0.497 e. The first-order valence-electron chi connectivity index (χ1n) is 8.06. The zero-order valence-electron chi connectivity index (χ0n) is 13.8. The lowest BCUT2D eigenvalue weighted by Gasteiger charge is -2.28. The van der Waals surface area contributed by atoms with E-state index in [0.29, 0.717) is 31.9 Å². The predicted molar refractivity (Wildman–Crippen MR) is 94.7 cm³/mol. The Balaban J connectivity index is 1.94. The minimum absolute atomic E-state index is 0.0420. The third-order valence-corrected chi connectivity index (χ3v) is 4.04. The van der Waals surface area contributed by atoms with Crippen LogP contribution in [0.3, 0.4) is 0 Å². The van der Waals surface area contributed by atoms with Crippen molar-refractivity contribution in [2.45, 2.75) is 0 Å². The highest BCUT2D eigenvalue weighted by atomic mass is 16.5. The molecule has 0 bridgehead atoms. The largest absolute Gasteiger partial charge is 0.497 e. The van der Waals surface area contributed by atoms with Crippen LogP contribution in [0.25, 0.3) is 11.6 Å². The molecule has 0 atom stereocenters. The van der Waals surface area contributed by atoms with Crippen LogP contribution in [0.5, 0.6) is 5.75 Å². The van der Waals surface area contributed by atoms with E-state index in [1.807, 2.05) is 65.6 Å². The summed E-state index contributed by atoms with van der Waals surface area (Å²) in [5.74, 6) is 0.841. The van der Waals surface area contributed by atoms with Gasteiger partial charge in [-0.15, -0.1) is 0 Å². The van der Waals surface area contributed by atoms with Gasteiger partial charge in [-0.05, 0) is 29.3 Å². The van der Waals surface area contributed by atoms with Crippen molar-refractivity contribution in [3.05, 3.63) is 65.7 Å². The Kier molecular flexibility index (Phi) is 5.29. The van der Waals surface area contributed by atoms with Gasteiger partial charge in [-0.25, -0.2) is 0 Å². The number of benzene rings is 2. The highest BCUT2D eigenvalue weighted by molar-refractivity contribution is 6.24. The summed E-state index contributed by atoms with van der Waals surface area (Å²) in [6.07, 6.45) is 1.94. The fourth-order valence-corrected chi connectivity index (χ4v) is 2.69. The number of morpholine rings is 1. The van der Waals surface area contributed by atoms with Gasteiger partial charge in [-0.2, -0.15) is 0 Å². The van der Waals surface area contributed by atoms with Gasteiger partial charge in [0.15, 0.2) is 0 Å². The van der Waals surface area contributed by atoms with E-state index in [1.165, 1.54) is 0 Å².